The third kappa shape index (κ3) is 6.07. The molecule has 2 atom stereocenters. The summed E-state index contributed by atoms with van der Waals surface area (Å²) in [4.78, 5) is 0. The standard InChI is InChI=1S/C4H9NO7S2.2Na/c6-5(1-2-13(7,8)9)3-4(5)14(10,11)12;;/h4,6H,1-3H2,(H-,7,8,9,10,11,12);;/q;2*+1/p-1. The van der Waals surface area contributed by atoms with Crippen molar-refractivity contribution in [1.82, 2.24) is 0 Å². The first-order valence-electron chi connectivity index (χ1n) is 3.52. The molecule has 16 heavy (non-hydrogen) atoms. The van der Waals surface area contributed by atoms with Gasteiger partial charge >= 0.3 is 59.1 Å². The first kappa shape index (κ1) is 20.1. The quantitative estimate of drug-likeness (QED) is 0.235. The SMILES string of the molecule is O=S(=O)([O-])CC[N+]1(O)CC1S(=O)(=O)[O-].[Na+].[Na+]. The largest absolute Gasteiger partial charge is 1.00 e. The van der Waals surface area contributed by atoms with Crippen LogP contribution in [0.25, 0.3) is 0 Å². The molecule has 1 aliphatic rings. The van der Waals surface area contributed by atoms with E-state index >= 15 is 0 Å². The Morgan fingerprint density at radius 3 is 1.88 bits per heavy atom. The van der Waals surface area contributed by atoms with Crippen molar-refractivity contribution in [3.8, 4) is 0 Å². The van der Waals surface area contributed by atoms with Crippen molar-refractivity contribution in [1.29, 1.82) is 0 Å². The van der Waals surface area contributed by atoms with Crippen LogP contribution in [0.2, 0.25) is 0 Å². The summed E-state index contributed by atoms with van der Waals surface area (Å²) in [5.41, 5.74) is 0. The molecule has 0 aliphatic carbocycles. The summed E-state index contributed by atoms with van der Waals surface area (Å²) in [5, 5.41) is 7.70. The van der Waals surface area contributed by atoms with Crippen LogP contribution in [-0.2, 0) is 20.2 Å². The summed E-state index contributed by atoms with van der Waals surface area (Å²) < 4.78 is 60.4. The first-order valence-corrected chi connectivity index (χ1v) is 6.57. The Hall–Kier alpha value is 1.74. The molecule has 1 fully saturated rings. The van der Waals surface area contributed by atoms with Gasteiger partial charge < -0.3 is 9.11 Å². The van der Waals surface area contributed by atoms with Crippen LogP contribution >= 0.6 is 0 Å². The smallest absolute Gasteiger partial charge is 0.748 e. The van der Waals surface area contributed by atoms with E-state index in [2.05, 4.69) is 0 Å². The normalized spacial score (nSPS) is 28.8. The van der Waals surface area contributed by atoms with Crippen molar-refractivity contribution in [2.75, 3.05) is 18.8 Å². The number of nitrogens with zero attached hydrogens (tertiary/aromatic N) is 1. The van der Waals surface area contributed by atoms with Gasteiger partial charge in [-0.3, -0.25) is 0 Å². The zero-order chi connectivity index (χ0) is 11.2. The molecule has 84 valence electrons. The van der Waals surface area contributed by atoms with Gasteiger partial charge in [-0.2, -0.15) is 4.65 Å². The van der Waals surface area contributed by atoms with Gasteiger partial charge in [-0.25, -0.2) is 22.0 Å². The first-order chi connectivity index (χ1) is 6.05. The van der Waals surface area contributed by atoms with E-state index in [1.165, 1.54) is 0 Å². The molecule has 8 nitrogen and oxygen atoms in total. The summed E-state index contributed by atoms with van der Waals surface area (Å²) in [5.74, 6) is -0.893. The minimum absolute atomic E-state index is 0. The van der Waals surface area contributed by atoms with E-state index in [-0.39, 0.29) is 65.7 Å². The fraction of sp³-hybridized carbons (Fsp3) is 1.00. The van der Waals surface area contributed by atoms with Crippen LogP contribution in [0, 0.1) is 0 Å². The molecule has 1 heterocycles. The maximum Gasteiger partial charge on any atom is 1.00 e. The molecular weight excluding hydrogens is 284 g/mol. The Bertz CT molecular complexity index is 433. The molecular formula is C4H8NNa2O7S2+. The van der Waals surface area contributed by atoms with E-state index in [0.717, 1.165) is 0 Å². The average Bonchev–Trinajstić information content (AvgIpc) is 2.57. The minimum atomic E-state index is -4.63. The molecule has 1 N–H and O–H groups in total. The van der Waals surface area contributed by atoms with Crippen molar-refractivity contribution in [2.24, 2.45) is 0 Å². The number of hydrogen-bond donors (Lipinski definition) is 1. The second-order valence-electron chi connectivity index (χ2n) is 3.10. The Morgan fingerprint density at radius 2 is 1.62 bits per heavy atom. The molecule has 0 aromatic carbocycles. The summed E-state index contributed by atoms with van der Waals surface area (Å²) in [7, 11) is -9.14. The number of hydroxylamine groups is 3. The minimum Gasteiger partial charge on any atom is -0.748 e. The van der Waals surface area contributed by atoms with Crippen LogP contribution in [0.15, 0.2) is 0 Å². The van der Waals surface area contributed by atoms with Crippen molar-refractivity contribution in [3.63, 3.8) is 0 Å². The van der Waals surface area contributed by atoms with E-state index in [1.807, 2.05) is 0 Å². The molecule has 1 rings (SSSR count). The Labute approximate surface area is 138 Å². The van der Waals surface area contributed by atoms with Gasteiger partial charge in [0.2, 0.25) is 0 Å². The van der Waals surface area contributed by atoms with Gasteiger partial charge in [0.15, 0.2) is 16.7 Å². The maximum atomic E-state index is 10.4. The van der Waals surface area contributed by atoms with Gasteiger partial charge in [-0.05, 0) is 0 Å². The van der Waals surface area contributed by atoms with E-state index in [9.17, 15) is 31.1 Å². The van der Waals surface area contributed by atoms with Gasteiger partial charge in [0.25, 0.3) is 5.37 Å². The molecule has 1 aliphatic heterocycles. The topological polar surface area (TPSA) is 135 Å². The van der Waals surface area contributed by atoms with Crippen molar-refractivity contribution >= 4 is 20.2 Å². The van der Waals surface area contributed by atoms with E-state index < -0.39 is 42.6 Å². The molecule has 0 bridgehead atoms. The van der Waals surface area contributed by atoms with E-state index in [0.29, 0.717) is 0 Å². The zero-order valence-electron chi connectivity index (χ0n) is 8.86. The van der Waals surface area contributed by atoms with Crippen LogP contribution in [-0.4, -0.2) is 60.0 Å². The van der Waals surface area contributed by atoms with Gasteiger partial charge in [-0.15, -0.1) is 0 Å². The van der Waals surface area contributed by atoms with Crippen LogP contribution in [0.5, 0.6) is 0 Å². The molecule has 12 heteroatoms. The average molecular weight is 292 g/mol. The maximum absolute atomic E-state index is 10.4. The summed E-state index contributed by atoms with van der Waals surface area (Å²) in [6.45, 7) is -0.931. The summed E-state index contributed by atoms with van der Waals surface area (Å²) in [6, 6.07) is 0. The van der Waals surface area contributed by atoms with Crippen molar-refractivity contribution in [2.45, 2.75) is 5.37 Å². The van der Waals surface area contributed by atoms with Gasteiger partial charge in [-0.1, -0.05) is 0 Å². The van der Waals surface area contributed by atoms with E-state index in [4.69, 9.17) is 0 Å². The molecule has 0 saturated carbocycles. The Kier molecular flexibility index (Phi) is 7.85. The molecule has 0 radical (unpaired) electrons. The number of quaternary nitrogens is 1. The second-order valence-corrected chi connectivity index (χ2v) is 6.16. The van der Waals surface area contributed by atoms with Crippen molar-refractivity contribution < 1.29 is 94.9 Å². The predicted molar refractivity (Wildman–Crippen MR) is 39.8 cm³/mol. The van der Waals surface area contributed by atoms with Crippen LogP contribution in [0.3, 0.4) is 0 Å². The monoisotopic (exact) mass is 292 g/mol. The fourth-order valence-electron chi connectivity index (χ4n) is 1.06. The molecule has 0 aromatic heterocycles. The van der Waals surface area contributed by atoms with E-state index in [1.54, 1.807) is 0 Å². The molecule has 2 unspecified atom stereocenters. The third-order valence-corrected chi connectivity index (χ3v) is 3.83. The summed E-state index contributed by atoms with van der Waals surface area (Å²) >= 11 is 0. The number of hydrogen-bond acceptors (Lipinski definition) is 7. The third-order valence-electron chi connectivity index (χ3n) is 1.94. The zero-order valence-corrected chi connectivity index (χ0v) is 14.5. The number of rotatable bonds is 4. The Balaban J connectivity index is 0. The molecule has 0 spiro atoms. The van der Waals surface area contributed by atoms with Gasteiger partial charge in [0.1, 0.15) is 16.7 Å². The molecule has 0 aromatic rings. The van der Waals surface area contributed by atoms with Crippen molar-refractivity contribution in [3.05, 3.63) is 0 Å². The van der Waals surface area contributed by atoms with Gasteiger partial charge in [0, 0.05) is 0 Å². The summed E-state index contributed by atoms with van der Waals surface area (Å²) in [6.07, 6.45) is 0. The van der Waals surface area contributed by atoms with Gasteiger partial charge in [0.05, 0.1) is 5.75 Å². The molecule has 0 amide bonds. The fourth-order valence-corrected chi connectivity index (χ4v) is 2.63. The Morgan fingerprint density at radius 1 is 1.19 bits per heavy atom. The van der Waals surface area contributed by atoms with Crippen LogP contribution in [0.4, 0.5) is 0 Å². The van der Waals surface area contributed by atoms with Crippen LogP contribution < -0.4 is 59.1 Å². The second kappa shape index (κ2) is 6.26. The predicted octanol–water partition coefficient (Wildman–Crippen LogP) is -8.37. The molecule has 1 saturated heterocycles. The van der Waals surface area contributed by atoms with Crippen LogP contribution in [0.1, 0.15) is 0 Å².